The SMILES string of the molecule is COc1ccc(/C(C)=N/NC(=O)Cc2cccc([N+](=O)[O-])c2)cc1. The highest BCUT2D eigenvalue weighted by Gasteiger charge is 2.09. The van der Waals surface area contributed by atoms with E-state index < -0.39 is 4.92 Å². The number of carbonyl (C=O) groups is 1. The van der Waals surface area contributed by atoms with Crippen LogP contribution in [0.25, 0.3) is 0 Å². The second-order valence-electron chi connectivity index (χ2n) is 5.06. The van der Waals surface area contributed by atoms with Crippen molar-refractivity contribution in [3.63, 3.8) is 0 Å². The standard InChI is InChI=1S/C17H17N3O4/c1-12(14-6-8-16(24-2)9-7-14)18-19-17(21)11-13-4-3-5-15(10-13)20(22)23/h3-10H,11H2,1-2H3,(H,19,21)/b18-12+. The van der Waals surface area contributed by atoms with Crippen LogP contribution < -0.4 is 10.2 Å². The molecule has 0 unspecified atom stereocenters. The van der Waals surface area contributed by atoms with Crippen molar-refractivity contribution in [3.8, 4) is 5.75 Å². The number of non-ortho nitro benzene ring substituents is 1. The Bertz CT molecular complexity index is 770. The summed E-state index contributed by atoms with van der Waals surface area (Å²) in [5, 5.41) is 14.8. The molecule has 0 fully saturated rings. The summed E-state index contributed by atoms with van der Waals surface area (Å²) < 4.78 is 5.08. The van der Waals surface area contributed by atoms with Gasteiger partial charge in [0.25, 0.3) is 5.69 Å². The Morgan fingerprint density at radius 3 is 2.58 bits per heavy atom. The number of ether oxygens (including phenoxy) is 1. The molecule has 7 heteroatoms. The maximum absolute atomic E-state index is 11.9. The molecule has 0 spiro atoms. The van der Waals surface area contributed by atoms with Crippen LogP contribution in [0.4, 0.5) is 5.69 Å². The molecule has 7 nitrogen and oxygen atoms in total. The molecule has 0 aromatic heterocycles. The van der Waals surface area contributed by atoms with Gasteiger partial charge in [-0.3, -0.25) is 14.9 Å². The molecule has 0 radical (unpaired) electrons. The molecule has 124 valence electrons. The van der Waals surface area contributed by atoms with Crippen molar-refractivity contribution in [2.24, 2.45) is 5.10 Å². The fourth-order valence-electron chi connectivity index (χ4n) is 2.05. The van der Waals surface area contributed by atoms with Gasteiger partial charge in [0.1, 0.15) is 5.75 Å². The average molecular weight is 327 g/mol. The summed E-state index contributed by atoms with van der Waals surface area (Å²) in [5.41, 5.74) is 4.46. The van der Waals surface area contributed by atoms with Crippen LogP contribution in [-0.2, 0) is 11.2 Å². The Balaban J connectivity index is 1.98. The van der Waals surface area contributed by atoms with Gasteiger partial charge in [-0.25, -0.2) is 5.43 Å². The van der Waals surface area contributed by atoms with Crippen molar-refractivity contribution in [2.75, 3.05) is 7.11 Å². The van der Waals surface area contributed by atoms with Crippen LogP contribution in [0.5, 0.6) is 5.75 Å². The van der Waals surface area contributed by atoms with Gasteiger partial charge in [-0.05, 0) is 42.3 Å². The van der Waals surface area contributed by atoms with Crippen molar-refractivity contribution in [2.45, 2.75) is 13.3 Å². The van der Waals surface area contributed by atoms with E-state index >= 15 is 0 Å². The van der Waals surface area contributed by atoms with Gasteiger partial charge < -0.3 is 4.74 Å². The molecule has 0 bridgehead atoms. The van der Waals surface area contributed by atoms with Gasteiger partial charge in [0.15, 0.2) is 0 Å². The van der Waals surface area contributed by atoms with Crippen LogP contribution in [-0.4, -0.2) is 23.7 Å². The van der Waals surface area contributed by atoms with Crippen LogP contribution in [0.1, 0.15) is 18.1 Å². The number of methoxy groups -OCH3 is 1. The van der Waals surface area contributed by atoms with Crippen molar-refractivity contribution < 1.29 is 14.5 Å². The summed E-state index contributed by atoms with van der Waals surface area (Å²) in [7, 11) is 1.59. The molecule has 1 N–H and O–H groups in total. The van der Waals surface area contributed by atoms with Crippen LogP contribution in [0.2, 0.25) is 0 Å². The van der Waals surface area contributed by atoms with Crippen molar-refractivity contribution in [1.82, 2.24) is 5.43 Å². The molecule has 0 aliphatic heterocycles. The lowest BCUT2D eigenvalue weighted by atomic mass is 10.1. The third kappa shape index (κ3) is 4.64. The number of nitro groups is 1. The number of hydrogen-bond acceptors (Lipinski definition) is 5. The number of rotatable bonds is 6. The highest BCUT2D eigenvalue weighted by atomic mass is 16.6. The Morgan fingerprint density at radius 1 is 1.25 bits per heavy atom. The molecule has 0 saturated heterocycles. The normalized spacial score (nSPS) is 11.0. The molecular weight excluding hydrogens is 310 g/mol. The fraction of sp³-hybridized carbons (Fsp3) is 0.176. The summed E-state index contributed by atoms with van der Waals surface area (Å²) in [6, 6.07) is 13.2. The van der Waals surface area contributed by atoms with E-state index in [9.17, 15) is 14.9 Å². The minimum atomic E-state index is -0.493. The predicted molar refractivity (Wildman–Crippen MR) is 90.1 cm³/mol. The third-order valence-corrected chi connectivity index (χ3v) is 3.34. The maximum atomic E-state index is 11.9. The number of nitrogens with one attached hydrogen (secondary N) is 1. The van der Waals surface area contributed by atoms with Gasteiger partial charge in [-0.15, -0.1) is 0 Å². The Hall–Kier alpha value is -3.22. The van der Waals surface area contributed by atoms with Gasteiger partial charge in [-0.2, -0.15) is 5.10 Å². The molecule has 0 aliphatic rings. The lowest BCUT2D eigenvalue weighted by molar-refractivity contribution is -0.384. The topological polar surface area (TPSA) is 93.8 Å². The first-order valence-electron chi connectivity index (χ1n) is 7.20. The zero-order valence-electron chi connectivity index (χ0n) is 13.4. The van der Waals surface area contributed by atoms with E-state index in [-0.39, 0.29) is 18.0 Å². The first-order chi connectivity index (χ1) is 11.5. The quantitative estimate of drug-likeness (QED) is 0.501. The first kappa shape index (κ1) is 17.1. The van der Waals surface area contributed by atoms with Crippen LogP contribution >= 0.6 is 0 Å². The van der Waals surface area contributed by atoms with Crippen LogP contribution in [0.3, 0.4) is 0 Å². The molecule has 2 rings (SSSR count). The van der Waals surface area contributed by atoms with Crippen molar-refractivity contribution in [3.05, 3.63) is 69.8 Å². The summed E-state index contributed by atoms with van der Waals surface area (Å²) in [5.74, 6) is 0.393. The van der Waals surface area contributed by atoms with Gasteiger partial charge in [0.2, 0.25) is 5.91 Å². The summed E-state index contributed by atoms with van der Waals surface area (Å²) in [4.78, 5) is 22.2. The van der Waals surface area contributed by atoms with E-state index in [1.165, 1.54) is 12.1 Å². The van der Waals surface area contributed by atoms with E-state index in [2.05, 4.69) is 10.5 Å². The first-order valence-corrected chi connectivity index (χ1v) is 7.20. The fourth-order valence-corrected chi connectivity index (χ4v) is 2.05. The predicted octanol–water partition coefficient (Wildman–Crippen LogP) is 2.69. The number of amides is 1. The van der Waals surface area contributed by atoms with E-state index in [0.29, 0.717) is 11.3 Å². The number of carbonyl (C=O) groups excluding carboxylic acids is 1. The Morgan fingerprint density at radius 2 is 1.96 bits per heavy atom. The number of nitro benzene ring substituents is 1. The van der Waals surface area contributed by atoms with Gasteiger partial charge >= 0.3 is 0 Å². The summed E-state index contributed by atoms with van der Waals surface area (Å²) >= 11 is 0. The van der Waals surface area contributed by atoms with Gasteiger partial charge in [-0.1, -0.05) is 12.1 Å². The van der Waals surface area contributed by atoms with E-state index in [1.807, 2.05) is 12.1 Å². The number of benzene rings is 2. The van der Waals surface area contributed by atoms with E-state index in [1.54, 1.807) is 38.3 Å². The van der Waals surface area contributed by atoms with Gasteiger partial charge in [0, 0.05) is 12.1 Å². The number of hydrogen-bond donors (Lipinski definition) is 1. The minimum Gasteiger partial charge on any atom is -0.497 e. The average Bonchev–Trinajstić information content (AvgIpc) is 2.60. The minimum absolute atomic E-state index is 0.0150. The highest BCUT2D eigenvalue weighted by molar-refractivity contribution is 5.99. The highest BCUT2D eigenvalue weighted by Crippen LogP contribution is 2.14. The second-order valence-corrected chi connectivity index (χ2v) is 5.06. The van der Waals surface area contributed by atoms with Crippen molar-refractivity contribution in [1.29, 1.82) is 0 Å². The molecule has 0 heterocycles. The number of hydrazone groups is 1. The number of nitrogens with zero attached hydrogens (tertiary/aromatic N) is 2. The largest absolute Gasteiger partial charge is 0.497 e. The lowest BCUT2D eigenvalue weighted by Crippen LogP contribution is -2.21. The zero-order valence-corrected chi connectivity index (χ0v) is 13.4. The second kappa shape index (κ2) is 7.87. The van der Waals surface area contributed by atoms with E-state index in [4.69, 9.17) is 4.74 Å². The summed E-state index contributed by atoms with van der Waals surface area (Å²) in [6.07, 6.45) is 0.0150. The van der Waals surface area contributed by atoms with E-state index in [0.717, 1.165) is 11.3 Å². The molecule has 2 aromatic carbocycles. The molecule has 24 heavy (non-hydrogen) atoms. The monoisotopic (exact) mass is 327 g/mol. The molecule has 1 amide bonds. The maximum Gasteiger partial charge on any atom is 0.269 e. The molecule has 0 atom stereocenters. The lowest BCUT2D eigenvalue weighted by Gasteiger charge is -2.04. The van der Waals surface area contributed by atoms with Crippen LogP contribution in [0, 0.1) is 10.1 Å². The van der Waals surface area contributed by atoms with Gasteiger partial charge in [0.05, 0.1) is 24.2 Å². The molecular formula is C17H17N3O4. The molecule has 2 aromatic rings. The summed E-state index contributed by atoms with van der Waals surface area (Å²) in [6.45, 7) is 1.77. The van der Waals surface area contributed by atoms with Crippen LogP contribution in [0.15, 0.2) is 53.6 Å². The Labute approximate surface area is 139 Å². The Kier molecular flexibility index (Phi) is 5.62. The molecule has 0 aliphatic carbocycles. The molecule has 0 saturated carbocycles. The van der Waals surface area contributed by atoms with Crippen molar-refractivity contribution >= 4 is 17.3 Å². The third-order valence-electron chi connectivity index (χ3n) is 3.34. The smallest absolute Gasteiger partial charge is 0.269 e. The zero-order chi connectivity index (χ0) is 17.5.